The van der Waals surface area contributed by atoms with Crippen molar-refractivity contribution >= 4 is 11.8 Å². The van der Waals surface area contributed by atoms with Gasteiger partial charge in [0.05, 0.1) is 19.6 Å². The van der Waals surface area contributed by atoms with Gasteiger partial charge in [-0.3, -0.25) is 9.59 Å². The average Bonchev–Trinajstić information content (AvgIpc) is 2.50. The number of ether oxygens (including phenoxy) is 2. The summed E-state index contributed by atoms with van der Waals surface area (Å²) in [4.78, 5) is 22.4. The largest absolute Gasteiger partial charge is 0.486 e. The molecule has 1 aromatic carbocycles. The Morgan fingerprint density at radius 2 is 1.95 bits per heavy atom. The molecule has 1 atom stereocenters. The second-order valence-electron chi connectivity index (χ2n) is 4.28. The SMILES string of the molecule is NCC(=O)NCC(=O)NCC1COc2ccccc2O1. The van der Waals surface area contributed by atoms with Gasteiger partial charge in [0, 0.05) is 0 Å². The summed E-state index contributed by atoms with van der Waals surface area (Å²) in [6.07, 6.45) is -0.251. The highest BCUT2D eigenvalue weighted by Gasteiger charge is 2.20. The normalized spacial score (nSPS) is 16.4. The molecular formula is C13H17N3O4. The Kier molecular flexibility index (Phi) is 4.78. The molecule has 1 aromatic rings. The number of para-hydroxylation sites is 2. The van der Waals surface area contributed by atoms with E-state index in [1.807, 2.05) is 24.3 Å². The number of hydrogen-bond acceptors (Lipinski definition) is 5. The highest BCUT2D eigenvalue weighted by Crippen LogP contribution is 2.30. The smallest absolute Gasteiger partial charge is 0.239 e. The molecule has 4 N–H and O–H groups in total. The van der Waals surface area contributed by atoms with Crippen molar-refractivity contribution in [1.29, 1.82) is 0 Å². The minimum Gasteiger partial charge on any atom is -0.486 e. The molecule has 2 amide bonds. The third-order valence-electron chi connectivity index (χ3n) is 2.73. The third kappa shape index (κ3) is 3.86. The Hall–Kier alpha value is -2.28. The lowest BCUT2D eigenvalue weighted by atomic mass is 10.2. The van der Waals surface area contributed by atoms with E-state index in [0.29, 0.717) is 24.7 Å². The molecule has 7 nitrogen and oxygen atoms in total. The molecule has 1 aliphatic heterocycles. The van der Waals surface area contributed by atoms with Gasteiger partial charge >= 0.3 is 0 Å². The first-order valence-electron chi connectivity index (χ1n) is 6.31. The van der Waals surface area contributed by atoms with E-state index in [2.05, 4.69) is 10.6 Å². The molecule has 1 aliphatic rings. The lowest BCUT2D eigenvalue weighted by Crippen LogP contribution is -2.45. The minimum absolute atomic E-state index is 0.0970. The maximum Gasteiger partial charge on any atom is 0.239 e. The second-order valence-corrected chi connectivity index (χ2v) is 4.28. The van der Waals surface area contributed by atoms with Crippen molar-refractivity contribution in [2.45, 2.75) is 6.10 Å². The molecule has 0 saturated carbocycles. The summed E-state index contributed by atoms with van der Waals surface area (Å²) in [5.74, 6) is 0.695. The Bertz CT molecular complexity index is 492. The molecule has 0 radical (unpaired) electrons. The van der Waals surface area contributed by atoms with E-state index < -0.39 is 0 Å². The van der Waals surface area contributed by atoms with Gasteiger partial charge in [0.2, 0.25) is 11.8 Å². The zero-order valence-corrected chi connectivity index (χ0v) is 10.9. The fourth-order valence-corrected chi connectivity index (χ4v) is 1.70. The van der Waals surface area contributed by atoms with Crippen molar-refractivity contribution in [1.82, 2.24) is 10.6 Å². The van der Waals surface area contributed by atoms with Gasteiger partial charge in [0.15, 0.2) is 11.5 Å². The Morgan fingerprint density at radius 1 is 1.20 bits per heavy atom. The number of nitrogens with two attached hydrogens (primary N) is 1. The summed E-state index contributed by atoms with van der Waals surface area (Å²) >= 11 is 0. The van der Waals surface area contributed by atoms with Crippen LogP contribution in [-0.2, 0) is 9.59 Å². The number of carbonyl (C=O) groups excluding carboxylic acids is 2. The van der Waals surface area contributed by atoms with Crippen LogP contribution in [0.2, 0.25) is 0 Å². The fourth-order valence-electron chi connectivity index (χ4n) is 1.70. The van der Waals surface area contributed by atoms with E-state index in [1.54, 1.807) is 0 Å². The first-order chi connectivity index (χ1) is 9.69. The number of hydrogen-bond donors (Lipinski definition) is 3. The number of rotatable bonds is 5. The van der Waals surface area contributed by atoms with Crippen LogP contribution in [0.1, 0.15) is 0 Å². The van der Waals surface area contributed by atoms with Crippen LogP contribution in [-0.4, -0.2) is 44.2 Å². The van der Waals surface area contributed by atoms with Gasteiger partial charge in [-0.2, -0.15) is 0 Å². The van der Waals surface area contributed by atoms with Crippen LogP contribution in [0.3, 0.4) is 0 Å². The maximum absolute atomic E-state index is 11.5. The van der Waals surface area contributed by atoms with Crippen molar-refractivity contribution in [3.05, 3.63) is 24.3 Å². The van der Waals surface area contributed by atoms with Crippen molar-refractivity contribution in [3.63, 3.8) is 0 Å². The monoisotopic (exact) mass is 279 g/mol. The highest BCUT2D eigenvalue weighted by atomic mass is 16.6. The standard InChI is InChI=1S/C13H17N3O4/c14-5-12(17)16-7-13(18)15-6-9-8-19-10-3-1-2-4-11(10)20-9/h1-4,9H,5-8,14H2,(H,15,18)(H,16,17). The number of benzene rings is 1. The van der Waals surface area contributed by atoms with Crippen molar-refractivity contribution in [2.75, 3.05) is 26.2 Å². The molecule has 0 aromatic heterocycles. The van der Waals surface area contributed by atoms with E-state index in [1.165, 1.54) is 0 Å². The van der Waals surface area contributed by atoms with Crippen LogP contribution in [0.15, 0.2) is 24.3 Å². The molecule has 0 fully saturated rings. The predicted molar refractivity (Wildman–Crippen MR) is 71.4 cm³/mol. The Balaban J connectivity index is 1.73. The van der Waals surface area contributed by atoms with Crippen LogP contribution in [0.4, 0.5) is 0 Å². The second kappa shape index (κ2) is 6.76. The fraction of sp³-hybridized carbons (Fsp3) is 0.385. The van der Waals surface area contributed by atoms with Crippen molar-refractivity contribution in [2.24, 2.45) is 5.73 Å². The topological polar surface area (TPSA) is 103 Å². The van der Waals surface area contributed by atoms with Crippen LogP contribution in [0, 0.1) is 0 Å². The number of amides is 2. The van der Waals surface area contributed by atoms with E-state index >= 15 is 0 Å². The first kappa shape index (κ1) is 14.1. The van der Waals surface area contributed by atoms with E-state index in [0.717, 1.165) is 0 Å². The average molecular weight is 279 g/mol. The quantitative estimate of drug-likeness (QED) is 0.643. The maximum atomic E-state index is 11.5. The molecule has 0 spiro atoms. The summed E-state index contributed by atoms with van der Waals surface area (Å²) in [6.45, 7) is 0.446. The van der Waals surface area contributed by atoms with Gasteiger partial charge in [-0.25, -0.2) is 0 Å². The van der Waals surface area contributed by atoms with E-state index in [9.17, 15) is 9.59 Å². The Labute approximate surface area is 116 Å². The molecular weight excluding hydrogens is 262 g/mol. The number of carbonyl (C=O) groups is 2. The van der Waals surface area contributed by atoms with E-state index in [4.69, 9.17) is 15.2 Å². The molecule has 7 heteroatoms. The van der Waals surface area contributed by atoms with Crippen LogP contribution < -0.4 is 25.8 Å². The van der Waals surface area contributed by atoms with Gasteiger partial charge in [-0.1, -0.05) is 12.1 Å². The molecule has 108 valence electrons. The lowest BCUT2D eigenvalue weighted by Gasteiger charge is -2.26. The number of nitrogens with one attached hydrogen (secondary N) is 2. The van der Waals surface area contributed by atoms with Crippen LogP contribution >= 0.6 is 0 Å². The first-order valence-corrected chi connectivity index (χ1v) is 6.31. The molecule has 1 unspecified atom stereocenters. The molecule has 0 aliphatic carbocycles. The summed E-state index contributed by atoms with van der Waals surface area (Å²) in [5.41, 5.74) is 5.11. The summed E-state index contributed by atoms with van der Waals surface area (Å²) in [7, 11) is 0. The Morgan fingerprint density at radius 3 is 2.70 bits per heavy atom. The lowest BCUT2D eigenvalue weighted by molar-refractivity contribution is -0.125. The van der Waals surface area contributed by atoms with Crippen molar-refractivity contribution < 1.29 is 19.1 Å². The predicted octanol–water partition coefficient (Wildman–Crippen LogP) is -0.982. The van der Waals surface area contributed by atoms with Gasteiger partial charge in [0.25, 0.3) is 0 Å². The summed E-state index contributed by atoms with van der Waals surface area (Å²) in [6, 6.07) is 7.35. The van der Waals surface area contributed by atoms with Gasteiger partial charge in [-0.05, 0) is 12.1 Å². The van der Waals surface area contributed by atoms with Gasteiger partial charge in [0.1, 0.15) is 12.7 Å². The molecule has 2 rings (SSSR count). The molecule has 20 heavy (non-hydrogen) atoms. The van der Waals surface area contributed by atoms with Crippen LogP contribution in [0.25, 0.3) is 0 Å². The zero-order valence-electron chi connectivity index (χ0n) is 10.9. The highest BCUT2D eigenvalue weighted by molar-refractivity contribution is 5.85. The van der Waals surface area contributed by atoms with Gasteiger partial charge in [-0.15, -0.1) is 0 Å². The molecule has 0 saturated heterocycles. The van der Waals surface area contributed by atoms with Gasteiger partial charge < -0.3 is 25.8 Å². The van der Waals surface area contributed by atoms with Crippen molar-refractivity contribution in [3.8, 4) is 11.5 Å². The minimum atomic E-state index is -0.369. The molecule has 0 bridgehead atoms. The number of fused-ring (bicyclic) bond motifs is 1. The van der Waals surface area contributed by atoms with Crippen LogP contribution in [0.5, 0.6) is 11.5 Å². The summed E-state index contributed by atoms with van der Waals surface area (Å²) in [5, 5.41) is 5.05. The van der Waals surface area contributed by atoms with E-state index in [-0.39, 0.29) is 31.0 Å². The summed E-state index contributed by atoms with van der Waals surface area (Å²) < 4.78 is 11.2. The molecule has 1 heterocycles. The third-order valence-corrected chi connectivity index (χ3v) is 2.73. The zero-order chi connectivity index (χ0) is 14.4.